The second-order valence-electron chi connectivity index (χ2n) is 9.52. The zero-order valence-electron chi connectivity index (χ0n) is 23.5. The molecule has 0 spiro atoms. The van der Waals surface area contributed by atoms with Crippen molar-refractivity contribution in [2.24, 2.45) is 0 Å². The molecule has 0 fully saturated rings. The first-order chi connectivity index (χ1) is 20.4. The van der Waals surface area contributed by atoms with Crippen molar-refractivity contribution in [2.75, 3.05) is 14.2 Å². The minimum absolute atomic E-state index is 0.0662. The highest BCUT2D eigenvalue weighted by atomic mass is 16.5. The number of carbonyl (C=O) groups is 3. The van der Waals surface area contributed by atoms with E-state index in [0.717, 1.165) is 22.3 Å². The Hall–Kier alpha value is -5.15. The van der Waals surface area contributed by atoms with E-state index in [0.29, 0.717) is 11.5 Å². The van der Waals surface area contributed by atoms with Gasteiger partial charge < -0.3 is 30.5 Å². The molecule has 9 nitrogen and oxygen atoms in total. The lowest BCUT2D eigenvalue weighted by molar-refractivity contribution is 0.0950. The van der Waals surface area contributed by atoms with E-state index >= 15 is 0 Å². The Morgan fingerprint density at radius 3 is 1.10 bits per heavy atom. The quantitative estimate of drug-likeness (QED) is 0.205. The monoisotopic (exact) mass is 567 g/mol. The van der Waals surface area contributed by atoms with Gasteiger partial charge in [-0.3, -0.25) is 14.4 Å². The molecule has 0 aliphatic carbocycles. The number of hydrogen-bond acceptors (Lipinski definition) is 6. The van der Waals surface area contributed by atoms with Crippen LogP contribution < -0.4 is 25.4 Å². The van der Waals surface area contributed by atoms with Gasteiger partial charge in [-0.15, -0.1) is 0 Å². The van der Waals surface area contributed by atoms with Crippen molar-refractivity contribution >= 4 is 17.7 Å². The van der Waals surface area contributed by atoms with Crippen molar-refractivity contribution in [2.45, 2.75) is 26.2 Å². The van der Waals surface area contributed by atoms with Crippen LogP contribution in [-0.4, -0.2) is 37.0 Å². The molecule has 4 rings (SSSR count). The van der Waals surface area contributed by atoms with Gasteiger partial charge in [-0.25, -0.2) is 0 Å². The van der Waals surface area contributed by atoms with E-state index < -0.39 is 17.7 Å². The van der Waals surface area contributed by atoms with Gasteiger partial charge in [0.1, 0.15) is 11.5 Å². The van der Waals surface area contributed by atoms with Crippen LogP contribution in [-0.2, 0) is 26.2 Å². The van der Waals surface area contributed by atoms with E-state index in [2.05, 4.69) is 16.0 Å². The van der Waals surface area contributed by atoms with Gasteiger partial charge in [0, 0.05) is 36.3 Å². The third kappa shape index (κ3) is 8.18. The molecule has 0 heterocycles. The van der Waals surface area contributed by atoms with E-state index in [1.807, 2.05) is 36.4 Å². The number of rotatable bonds is 12. The summed E-state index contributed by atoms with van der Waals surface area (Å²) in [6.45, 7) is 0.672. The first kappa shape index (κ1) is 29.8. The summed E-state index contributed by atoms with van der Waals surface area (Å²) in [5, 5.41) is 17.8. The molecule has 3 amide bonds. The topological polar surface area (TPSA) is 126 Å². The summed E-state index contributed by atoms with van der Waals surface area (Å²) in [5.74, 6) is 0.126. The summed E-state index contributed by atoms with van der Waals surface area (Å²) in [5.41, 5.74) is 3.87. The van der Waals surface area contributed by atoms with Crippen LogP contribution in [0.1, 0.15) is 53.3 Å². The molecule has 42 heavy (non-hydrogen) atoms. The minimum Gasteiger partial charge on any atom is -0.497 e. The molecule has 216 valence electrons. The summed E-state index contributed by atoms with van der Waals surface area (Å²) in [6.07, 6.45) is 0. The number of benzene rings is 4. The predicted molar refractivity (Wildman–Crippen MR) is 158 cm³/mol. The van der Waals surface area contributed by atoms with E-state index in [-0.39, 0.29) is 42.9 Å². The maximum Gasteiger partial charge on any atom is 0.251 e. The third-order valence-electron chi connectivity index (χ3n) is 6.60. The Balaban J connectivity index is 1.50. The molecule has 0 aliphatic rings. The van der Waals surface area contributed by atoms with Crippen LogP contribution in [0.2, 0.25) is 0 Å². The number of aliphatic hydroxyl groups excluding tert-OH is 1. The Labute approximate surface area is 244 Å². The average molecular weight is 568 g/mol. The average Bonchev–Trinajstić information content (AvgIpc) is 3.05. The highest BCUT2D eigenvalue weighted by molar-refractivity contribution is 6.04. The predicted octanol–water partition coefficient (Wildman–Crippen LogP) is 3.99. The normalized spacial score (nSPS) is 10.5. The molecule has 0 unspecified atom stereocenters. The van der Waals surface area contributed by atoms with Gasteiger partial charge in [-0.05, 0) is 64.7 Å². The molecule has 9 heteroatoms. The molecule has 0 atom stereocenters. The first-order valence-corrected chi connectivity index (χ1v) is 13.3. The number of nitrogens with one attached hydrogen (secondary N) is 3. The fraction of sp³-hybridized carbons (Fsp3) is 0.182. The van der Waals surface area contributed by atoms with Gasteiger partial charge in [0.05, 0.1) is 20.8 Å². The van der Waals surface area contributed by atoms with Gasteiger partial charge in [0.2, 0.25) is 0 Å². The molecule has 0 aromatic heterocycles. The summed E-state index contributed by atoms with van der Waals surface area (Å²) in [7, 11) is 3.16. The van der Waals surface area contributed by atoms with Gasteiger partial charge in [-0.1, -0.05) is 48.5 Å². The zero-order valence-corrected chi connectivity index (χ0v) is 23.5. The Kier molecular flexibility index (Phi) is 10.3. The summed E-state index contributed by atoms with van der Waals surface area (Å²) < 4.78 is 10.3. The van der Waals surface area contributed by atoms with Crippen molar-refractivity contribution in [3.63, 3.8) is 0 Å². The lowest BCUT2D eigenvalue weighted by atomic mass is 10.0. The second-order valence-corrected chi connectivity index (χ2v) is 9.52. The van der Waals surface area contributed by atoms with Crippen LogP contribution in [0.4, 0.5) is 0 Å². The largest absolute Gasteiger partial charge is 0.497 e. The van der Waals surface area contributed by atoms with Crippen LogP contribution >= 0.6 is 0 Å². The first-order valence-electron chi connectivity index (χ1n) is 13.3. The maximum atomic E-state index is 13.1. The number of amides is 3. The molecule has 4 aromatic carbocycles. The van der Waals surface area contributed by atoms with E-state index in [1.165, 1.54) is 18.2 Å². The van der Waals surface area contributed by atoms with Gasteiger partial charge in [0.15, 0.2) is 0 Å². The van der Waals surface area contributed by atoms with Gasteiger partial charge >= 0.3 is 0 Å². The van der Waals surface area contributed by atoms with Crippen molar-refractivity contribution in [3.8, 4) is 11.5 Å². The molecular weight excluding hydrogens is 534 g/mol. The zero-order chi connectivity index (χ0) is 29.9. The fourth-order valence-electron chi connectivity index (χ4n) is 4.12. The molecular formula is C33H33N3O6. The number of carbonyl (C=O) groups excluding carboxylic acids is 3. The van der Waals surface area contributed by atoms with Crippen LogP contribution in [0.15, 0.2) is 91.0 Å². The Morgan fingerprint density at radius 1 is 0.524 bits per heavy atom. The van der Waals surface area contributed by atoms with Crippen molar-refractivity contribution < 1.29 is 29.0 Å². The van der Waals surface area contributed by atoms with Gasteiger partial charge in [-0.2, -0.15) is 0 Å². The van der Waals surface area contributed by atoms with Crippen molar-refractivity contribution in [1.82, 2.24) is 16.0 Å². The van der Waals surface area contributed by atoms with Crippen LogP contribution in [0.25, 0.3) is 0 Å². The minimum atomic E-state index is -0.435. The van der Waals surface area contributed by atoms with Crippen LogP contribution in [0.5, 0.6) is 11.5 Å². The Bertz CT molecular complexity index is 1320. The van der Waals surface area contributed by atoms with Crippen molar-refractivity contribution in [1.29, 1.82) is 0 Å². The molecule has 4 N–H and O–H groups in total. The molecule has 0 saturated carbocycles. The molecule has 0 saturated heterocycles. The number of methoxy groups -OCH3 is 2. The van der Waals surface area contributed by atoms with E-state index in [1.54, 1.807) is 50.6 Å². The molecule has 0 aliphatic heterocycles. The number of hydrogen-bond donors (Lipinski definition) is 4. The SMILES string of the molecule is COc1ccc(CNC(=O)c2cc(C(=O)NCc3ccc(CO)cc3)cc(C(=O)NCc3ccc(OC)cc3)c2)cc1. The maximum absolute atomic E-state index is 13.1. The van der Waals surface area contributed by atoms with Crippen LogP contribution in [0, 0.1) is 0 Å². The summed E-state index contributed by atoms with van der Waals surface area (Å²) >= 11 is 0. The van der Waals surface area contributed by atoms with E-state index in [9.17, 15) is 19.5 Å². The summed E-state index contributed by atoms with van der Waals surface area (Å²) in [6, 6.07) is 26.2. The van der Waals surface area contributed by atoms with Gasteiger partial charge in [0.25, 0.3) is 17.7 Å². The lowest BCUT2D eigenvalue weighted by Gasteiger charge is -2.12. The van der Waals surface area contributed by atoms with E-state index in [4.69, 9.17) is 9.47 Å². The lowest BCUT2D eigenvalue weighted by Crippen LogP contribution is -2.28. The van der Waals surface area contributed by atoms with Crippen molar-refractivity contribution in [3.05, 3.63) is 130 Å². The highest BCUT2D eigenvalue weighted by Gasteiger charge is 2.17. The number of ether oxygens (including phenoxy) is 2. The fourth-order valence-corrected chi connectivity index (χ4v) is 4.12. The molecule has 4 aromatic rings. The van der Waals surface area contributed by atoms with Crippen LogP contribution in [0.3, 0.4) is 0 Å². The summed E-state index contributed by atoms with van der Waals surface area (Å²) in [4.78, 5) is 39.4. The number of aliphatic hydroxyl groups is 1. The smallest absolute Gasteiger partial charge is 0.251 e. The third-order valence-corrected chi connectivity index (χ3v) is 6.60. The molecule has 0 radical (unpaired) electrons. The molecule has 0 bridgehead atoms. The highest BCUT2D eigenvalue weighted by Crippen LogP contribution is 2.15. The standard InChI is InChI=1S/C33H33N3O6/c1-41-29-11-7-23(8-12-29)19-35-32(39)27-15-26(31(38)34-18-22-3-5-25(21-37)6-4-22)16-28(17-27)33(40)36-20-24-9-13-30(42-2)14-10-24/h3-17,37H,18-21H2,1-2H3,(H,34,38)(H,35,39)(H,36,40). The second kappa shape index (κ2) is 14.5. The Morgan fingerprint density at radius 2 is 0.810 bits per heavy atom.